The van der Waals surface area contributed by atoms with Crippen molar-refractivity contribution in [3.8, 4) is 0 Å². The van der Waals surface area contributed by atoms with Crippen LogP contribution in [0.2, 0.25) is 0 Å². The number of hydrogen-bond acceptors (Lipinski definition) is 4. The van der Waals surface area contributed by atoms with E-state index in [1.54, 1.807) is 34.6 Å². The predicted octanol–water partition coefficient (Wildman–Crippen LogP) is 3.52. The first-order chi connectivity index (χ1) is 10.3. The fraction of sp³-hybridized carbons (Fsp3) is 0.867. The molecule has 134 valence electrons. The fourth-order valence-corrected chi connectivity index (χ4v) is 2.64. The Kier molecular flexibility index (Phi) is 5.72. The largest absolute Gasteiger partial charge is 0.444 e. The van der Waals surface area contributed by atoms with Gasteiger partial charge in [0.2, 0.25) is 0 Å². The molecule has 0 spiro atoms. The number of hydrogen-bond donors (Lipinski definition) is 0. The number of alkyl halides is 3. The summed E-state index contributed by atoms with van der Waals surface area (Å²) in [5, 5.41) is 0. The highest BCUT2D eigenvalue weighted by atomic mass is 19.4. The number of nitrogens with zero attached hydrogens (tertiary/aromatic N) is 1. The van der Waals surface area contributed by atoms with Gasteiger partial charge in [-0.05, 0) is 40.5 Å². The molecule has 5 nitrogen and oxygen atoms in total. The summed E-state index contributed by atoms with van der Waals surface area (Å²) in [7, 11) is 0. The van der Waals surface area contributed by atoms with Crippen LogP contribution in [0.3, 0.4) is 0 Å². The molecule has 0 unspecified atom stereocenters. The quantitative estimate of drug-likeness (QED) is 0.736. The molecule has 1 saturated heterocycles. The van der Waals surface area contributed by atoms with E-state index in [1.807, 2.05) is 0 Å². The smallest absolute Gasteiger partial charge is 0.412 e. The molecule has 2 atom stereocenters. The Labute approximate surface area is 134 Å². The molecule has 23 heavy (non-hydrogen) atoms. The lowest BCUT2D eigenvalue weighted by atomic mass is 9.92. The topological polar surface area (TPSA) is 55.8 Å². The average Bonchev–Trinajstić information content (AvgIpc) is 2.60. The molecule has 1 amide bonds. The van der Waals surface area contributed by atoms with E-state index in [0.29, 0.717) is 6.29 Å². The lowest BCUT2D eigenvalue weighted by Gasteiger charge is -2.37. The second kappa shape index (κ2) is 6.67. The maximum absolute atomic E-state index is 12.8. The highest BCUT2D eigenvalue weighted by molar-refractivity contribution is 5.70. The van der Waals surface area contributed by atoms with Crippen LogP contribution in [-0.2, 0) is 14.3 Å². The summed E-state index contributed by atoms with van der Waals surface area (Å²) in [6, 6.07) is -0.869. The minimum Gasteiger partial charge on any atom is -0.444 e. The number of halogens is 3. The van der Waals surface area contributed by atoms with Crippen molar-refractivity contribution in [3.05, 3.63) is 0 Å². The van der Waals surface area contributed by atoms with Gasteiger partial charge in [0.25, 0.3) is 0 Å². The third-order valence-corrected chi connectivity index (χ3v) is 3.55. The first-order valence-electron chi connectivity index (χ1n) is 7.43. The lowest BCUT2D eigenvalue weighted by molar-refractivity contribution is -0.150. The monoisotopic (exact) mass is 339 g/mol. The van der Waals surface area contributed by atoms with E-state index in [-0.39, 0.29) is 13.0 Å². The Morgan fingerprint density at radius 2 is 1.96 bits per heavy atom. The van der Waals surface area contributed by atoms with Crippen LogP contribution in [0, 0.1) is 5.92 Å². The predicted molar refractivity (Wildman–Crippen MR) is 76.7 cm³/mol. The molecule has 1 aliphatic heterocycles. The number of carbonyl (C=O) groups excluding carboxylic acids is 2. The molecular formula is C15H24F3NO4. The zero-order chi connectivity index (χ0) is 18.1. The molecule has 0 aromatic rings. The number of amides is 1. The van der Waals surface area contributed by atoms with Gasteiger partial charge in [-0.2, -0.15) is 13.2 Å². The van der Waals surface area contributed by atoms with Crippen LogP contribution in [0.5, 0.6) is 0 Å². The highest BCUT2D eigenvalue weighted by Gasteiger charge is 2.50. The van der Waals surface area contributed by atoms with Crippen molar-refractivity contribution in [1.29, 1.82) is 0 Å². The molecule has 0 aromatic heterocycles. The summed E-state index contributed by atoms with van der Waals surface area (Å²) in [6.07, 6.45) is -6.20. The van der Waals surface area contributed by atoms with Gasteiger partial charge in [0, 0.05) is 12.8 Å². The summed E-state index contributed by atoms with van der Waals surface area (Å²) in [4.78, 5) is 24.4. The highest BCUT2D eigenvalue weighted by Crippen LogP contribution is 2.38. The van der Waals surface area contributed by atoms with E-state index >= 15 is 0 Å². The van der Waals surface area contributed by atoms with Gasteiger partial charge in [-0.1, -0.05) is 0 Å². The van der Waals surface area contributed by atoms with Crippen molar-refractivity contribution in [2.24, 2.45) is 5.92 Å². The maximum Gasteiger partial charge on any atom is 0.412 e. The van der Waals surface area contributed by atoms with Crippen molar-refractivity contribution in [3.63, 3.8) is 0 Å². The summed E-state index contributed by atoms with van der Waals surface area (Å²) in [6.45, 7) is 8.11. The summed E-state index contributed by atoms with van der Waals surface area (Å²) in [5.74, 6) is -1.07. The molecule has 8 heteroatoms. The van der Waals surface area contributed by atoms with E-state index in [4.69, 9.17) is 9.47 Å². The molecule has 0 radical (unpaired) electrons. The molecule has 0 N–H and O–H groups in total. The van der Waals surface area contributed by atoms with Crippen molar-refractivity contribution < 1.29 is 32.2 Å². The zero-order valence-corrected chi connectivity index (χ0v) is 14.1. The molecule has 1 fully saturated rings. The van der Waals surface area contributed by atoms with Gasteiger partial charge in [0.1, 0.15) is 17.6 Å². The van der Waals surface area contributed by atoms with Crippen LogP contribution >= 0.6 is 0 Å². The minimum absolute atomic E-state index is 0.0686. The van der Waals surface area contributed by atoms with E-state index in [9.17, 15) is 22.8 Å². The van der Waals surface area contributed by atoms with E-state index < -0.39 is 42.0 Å². The maximum atomic E-state index is 12.8. The number of rotatable bonds is 4. The number of aldehydes is 1. The van der Waals surface area contributed by atoms with Gasteiger partial charge < -0.3 is 14.3 Å². The second-order valence-corrected chi connectivity index (χ2v) is 7.16. The summed E-state index contributed by atoms with van der Waals surface area (Å²) in [5.41, 5.74) is -1.88. The van der Waals surface area contributed by atoms with Gasteiger partial charge >= 0.3 is 12.3 Å². The molecule has 0 saturated carbocycles. The summed E-state index contributed by atoms with van der Waals surface area (Å²) < 4.78 is 49.1. The standard InChI is InChI=1S/C15H24F3NO4/c1-13(2,3)23-12(21)19-11(9-22-14(19,4)5)10(6-7-20)8-15(16,17)18/h7,10-11H,6,8-9H2,1-5H3/t10-,11-/m0/s1. The van der Waals surface area contributed by atoms with Gasteiger partial charge in [0.15, 0.2) is 0 Å². The Morgan fingerprint density at radius 1 is 1.39 bits per heavy atom. The van der Waals surface area contributed by atoms with Crippen molar-refractivity contribution >= 4 is 12.4 Å². The van der Waals surface area contributed by atoms with Crippen LogP contribution in [0.4, 0.5) is 18.0 Å². The van der Waals surface area contributed by atoms with Crippen LogP contribution in [0.25, 0.3) is 0 Å². The third-order valence-electron chi connectivity index (χ3n) is 3.55. The Morgan fingerprint density at radius 3 is 2.39 bits per heavy atom. The van der Waals surface area contributed by atoms with Crippen molar-refractivity contribution in [2.75, 3.05) is 6.61 Å². The van der Waals surface area contributed by atoms with Crippen molar-refractivity contribution in [2.45, 2.75) is 71.0 Å². The van der Waals surface area contributed by atoms with Crippen LogP contribution < -0.4 is 0 Å². The number of ether oxygens (including phenoxy) is 2. The molecule has 1 aliphatic rings. The first kappa shape index (κ1) is 19.7. The third kappa shape index (κ3) is 5.67. The normalized spacial score (nSPS) is 22.8. The second-order valence-electron chi connectivity index (χ2n) is 7.16. The first-order valence-corrected chi connectivity index (χ1v) is 7.43. The Bertz CT molecular complexity index is 443. The Hall–Kier alpha value is -1.31. The molecule has 1 heterocycles. The summed E-state index contributed by atoms with van der Waals surface area (Å²) >= 11 is 0. The molecule has 0 bridgehead atoms. The van der Waals surface area contributed by atoms with E-state index in [0.717, 1.165) is 0 Å². The van der Waals surface area contributed by atoms with Crippen LogP contribution in [0.1, 0.15) is 47.5 Å². The SMILES string of the molecule is CC(C)(C)OC(=O)N1[C@H]([C@@H](CC=O)CC(F)(F)F)COC1(C)C. The Balaban J connectivity index is 3.05. The lowest BCUT2D eigenvalue weighted by Crippen LogP contribution is -2.52. The van der Waals surface area contributed by atoms with Crippen LogP contribution in [0.15, 0.2) is 0 Å². The molecule has 0 aromatic carbocycles. The van der Waals surface area contributed by atoms with E-state index in [2.05, 4.69) is 0 Å². The van der Waals surface area contributed by atoms with Gasteiger partial charge in [-0.3, -0.25) is 4.90 Å². The number of carbonyl (C=O) groups is 2. The van der Waals surface area contributed by atoms with Gasteiger partial charge in [-0.25, -0.2) is 4.79 Å². The van der Waals surface area contributed by atoms with Crippen LogP contribution in [-0.4, -0.2) is 47.4 Å². The zero-order valence-electron chi connectivity index (χ0n) is 14.1. The molecular weight excluding hydrogens is 315 g/mol. The fourth-order valence-electron chi connectivity index (χ4n) is 2.64. The van der Waals surface area contributed by atoms with Crippen molar-refractivity contribution in [1.82, 2.24) is 4.90 Å². The molecule has 1 rings (SSSR count). The van der Waals surface area contributed by atoms with Gasteiger partial charge in [0.05, 0.1) is 12.6 Å². The average molecular weight is 339 g/mol. The minimum atomic E-state index is -4.43. The van der Waals surface area contributed by atoms with E-state index in [1.165, 1.54) is 4.90 Å². The molecule has 0 aliphatic carbocycles. The van der Waals surface area contributed by atoms with Gasteiger partial charge in [-0.15, -0.1) is 0 Å².